The molecule has 7 heterocycles. The Morgan fingerprint density at radius 2 is 1.15 bits per heavy atom. The molecule has 4 aromatic heterocycles. The van der Waals surface area contributed by atoms with E-state index in [1.807, 2.05) is 98.1 Å². The van der Waals surface area contributed by atoms with Crippen LogP contribution in [0.3, 0.4) is 0 Å². The molecule has 0 bridgehead atoms. The number of halogens is 3. The average Bonchev–Trinajstić information content (AvgIpc) is 4.06. The first-order valence-electron chi connectivity index (χ1n) is 22.9. The Hall–Kier alpha value is -4.87. The van der Waals surface area contributed by atoms with E-state index in [1.54, 1.807) is 30.3 Å². The Morgan fingerprint density at radius 3 is 1.65 bits per heavy atom. The number of hydrogen-bond acceptors (Lipinski definition) is 12. The number of nitrogens with zero attached hydrogens (tertiary/aromatic N) is 4. The molecule has 0 spiro atoms. The summed E-state index contributed by atoms with van der Waals surface area (Å²) in [6.07, 6.45) is 3.67. The maximum atomic E-state index is 12.1. The molecule has 18 heteroatoms. The zero-order chi connectivity index (χ0) is 49.9. The second kappa shape index (κ2) is 24.1. The van der Waals surface area contributed by atoms with Crippen molar-refractivity contribution in [2.75, 3.05) is 63.5 Å². The second-order valence-corrected chi connectivity index (χ2v) is 18.0. The number of H-pyrrole nitrogens is 2. The van der Waals surface area contributed by atoms with Gasteiger partial charge in [0.1, 0.15) is 16.8 Å². The lowest BCUT2D eigenvalue weighted by Gasteiger charge is -2.34. The molecule has 0 radical (unpaired) electrons. The minimum Gasteiger partial charge on any atom is -0.465 e. The molecule has 68 heavy (non-hydrogen) atoms. The summed E-state index contributed by atoms with van der Waals surface area (Å²) >= 11 is 18.2. The number of nitrogens with one attached hydrogen (secondary N) is 2. The molecule has 9 rings (SSSR count). The molecule has 6 aromatic rings. The lowest BCUT2D eigenvalue weighted by atomic mass is 9.76. The van der Waals surface area contributed by atoms with E-state index in [0.29, 0.717) is 57.9 Å². The minimum absolute atomic E-state index is 0.214. The number of rotatable bonds is 6. The molecule has 2 atom stereocenters. The Morgan fingerprint density at radius 1 is 0.676 bits per heavy atom. The van der Waals surface area contributed by atoms with Crippen molar-refractivity contribution in [1.82, 2.24) is 19.9 Å². The first kappa shape index (κ1) is 54.1. The number of fused-ring (bicyclic) bond motifs is 2. The number of aromatic amines is 2. The predicted octanol–water partition coefficient (Wildman–Crippen LogP) is 10.8. The molecular formula is C50H64BCl3N6O8. The summed E-state index contributed by atoms with van der Waals surface area (Å²) in [5, 5.41) is 3.59. The Kier molecular flexibility index (Phi) is 19.2. The standard InChI is InChI=1S/C20H20ClN3O3.C16H20BNO4.C10H12Cl2N2O.2C2H6/c1-12-11-27-6-5-24(12)19-10-14(21)9-18(23-19)16-7-13(20(25)26-2)8-17-15(16)3-4-22-17;1-15(2)16(3,4)22-17(21-15)12-8-10(14(19)20-5)9-13-11(12)6-7-18-13;1-7-6-15-3-2-14(7)10-5-8(11)4-9(12)13-10;2*1-2/h3-4,7-10,12,22H,5-6,11H2,1-2H3;6-9,18H,1-5H3;4-5,7H,2-3,6H2,1H3;2*1-2H3/t12-;;7-;;/m1.1../s1. The summed E-state index contributed by atoms with van der Waals surface area (Å²) in [6.45, 7) is 24.5. The maximum Gasteiger partial charge on any atom is 0.495 e. The van der Waals surface area contributed by atoms with Crippen LogP contribution in [0.1, 0.15) is 90.0 Å². The second-order valence-electron chi connectivity index (χ2n) is 16.8. The minimum atomic E-state index is -0.520. The number of aromatic nitrogens is 4. The molecule has 3 aliphatic rings. The molecule has 2 aromatic carbocycles. The highest BCUT2D eigenvalue weighted by molar-refractivity contribution is 6.65. The Labute approximate surface area is 415 Å². The lowest BCUT2D eigenvalue weighted by Crippen LogP contribution is -2.44. The molecular weight excluding hydrogens is 930 g/mol. The van der Waals surface area contributed by atoms with E-state index in [9.17, 15) is 9.59 Å². The number of pyridine rings is 2. The molecule has 3 saturated heterocycles. The summed E-state index contributed by atoms with van der Waals surface area (Å²) in [4.78, 5) is 43.7. The molecule has 0 aliphatic carbocycles. The van der Waals surface area contributed by atoms with E-state index >= 15 is 0 Å². The van der Waals surface area contributed by atoms with Crippen LogP contribution >= 0.6 is 34.8 Å². The van der Waals surface area contributed by atoms with Gasteiger partial charge in [0.05, 0.1) is 80.8 Å². The average molecular weight is 994 g/mol. The van der Waals surface area contributed by atoms with Crippen molar-refractivity contribution in [1.29, 1.82) is 0 Å². The highest BCUT2D eigenvalue weighted by Crippen LogP contribution is 2.37. The molecule has 3 aliphatic heterocycles. The third-order valence-electron chi connectivity index (χ3n) is 11.8. The van der Waals surface area contributed by atoms with Gasteiger partial charge in [-0.15, -0.1) is 0 Å². The van der Waals surface area contributed by atoms with Crippen molar-refractivity contribution in [3.63, 3.8) is 0 Å². The van der Waals surface area contributed by atoms with E-state index in [2.05, 4.69) is 38.6 Å². The summed E-state index contributed by atoms with van der Waals surface area (Å²) in [7, 11) is 2.22. The van der Waals surface area contributed by atoms with Crippen molar-refractivity contribution in [3.05, 3.63) is 99.4 Å². The number of morpholine rings is 2. The molecule has 366 valence electrons. The smallest absolute Gasteiger partial charge is 0.465 e. The van der Waals surface area contributed by atoms with E-state index in [1.165, 1.54) is 14.2 Å². The molecule has 3 fully saturated rings. The van der Waals surface area contributed by atoms with Gasteiger partial charge in [-0.3, -0.25) is 0 Å². The zero-order valence-electron chi connectivity index (χ0n) is 41.1. The van der Waals surface area contributed by atoms with Gasteiger partial charge in [0.2, 0.25) is 0 Å². The van der Waals surface area contributed by atoms with Gasteiger partial charge in [-0.2, -0.15) is 0 Å². The SMILES string of the molecule is CC.CC.COC(=O)c1cc(-c2cc(Cl)cc(N3CCOC[C@H]3C)n2)c2cc[nH]c2c1.COC(=O)c1cc(B2OC(C)(C)C(C)(C)O2)c2cc[nH]c2c1.C[C@@H]1COCCN1c1cc(Cl)cc(Cl)n1. The van der Waals surface area contributed by atoms with Gasteiger partial charge < -0.3 is 48.0 Å². The third kappa shape index (κ3) is 12.7. The number of carbonyl (C=O) groups is 2. The van der Waals surface area contributed by atoms with E-state index in [0.717, 1.165) is 64.2 Å². The lowest BCUT2D eigenvalue weighted by molar-refractivity contribution is 0.00578. The summed E-state index contributed by atoms with van der Waals surface area (Å²) in [6, 6.07) is 18.7. The molecule has 2 N–H and O–H groups in total. The van der Waals surface area contributed by atoms with E-state index in [4.69, 9.17) is 68.0 Å². The van der Waals surface area contributed by atoms with Crippen LogP contribution in [0.5, 0.6) is 0 Å². The van der Waals surface area contributed by atoms with Gasteiger partial charge in [-0.1, -0.05) is 62.5 Å². The van der Waals surface area contributed by atoms with Crippen LogP contribution in [0.25, 0.3) is 33.1 Å². The zero-order valence-corrected chi connectivity index (χ0v) is 43.4. The third-order valence-corrected chi connectivity index (χ3v) is 12.5. The number of hydrogen-bond donors (Lipinski definition) is 2. The van der Waals surface area contributed by atoms with Gasteiger partial charge in [-0.05, 0) is 113 Å². The number of anilines is 2. The van der Waals surface area contributed by atoms with Crippen LogP contribution in [0.2, 0.25) is 15.2 Å². The number of esters is 2. The van der Waals surface area contributed by atoms with Crippen molar-refractivity contribution in [3.8, 4) is 11.3 Å². The van der Waals surface area contributed by atoms with Crippen LogP contribution in [-0.2, 0) is 28.3 Å². The summed E-state index contributed by atoms with van der Waals surface area (Å²) in [5.41, 5.74) is 4.16. The quantitative estimate of drug-likeness (QED) is 0.0928. The number of ether oxygens (including phenoxy) is 4. The monoisotopic (exact) mass is 992 g/mol. The molecule has 0 amide bonds. The number of methoxy groups -OCH3 is 2. The normalized spacial score (nSPS) is 18.2. The van der Waals surface area contributed by atoms with Gasteiger partial charge in [0, 0.05) is 57.5 Å². The fourth-order valence-corrected chi connectivity index (χ4v) is 8.38. The molecule has 0 unspecified atom stereocenters. The van der Waals surface area contributed by atoms with Crippen LogP contribution in [-0.4, -0.2) is 116 Å². The van der Waals surface area contributed by atoms with Crippen molar-refractivity contribution < 1.29 is 37.8 Å². The Bertz CT molecular complexity index is 2600. The fourth-order valence-electron chi connectivity index (χ4n) is 7.71. The maximum absolute atomic E-state index is 12.1. The van der Waals surface area contributed by atoms with Gasteiger partial charge >= 0.3 is 19.1 Å². The van der Waals surface area contributed by atoms with Gasteiger partial charge in [0.15, 0.2) is 0 Å². The number of benzene rings is 2. The molecule has 0 saturated carbocycles. The van der Waals surface area contributed by atoms with Crippen LogP contribution in [0.4, 0.5) is 11.6 Å². The topological polar surface area (TPSA) is 153 Å². The number of carbonyl (C=O) groups excluding carboxylic acids is 2. The predicted molar refractivity (Wildman–Crippen MR) is 275 cm³/mol. The van der Waals surface area contributed by atoms with Crippen LogP contribution < -0.4 is 15.3 Å². The van der Waals surface area contributed by atoms with Crippen molar-refractivity contribution >= 4 is 92.8 Å². The first-order chi connectivity index (χ1) is 32.5. The largest absolute Gasteiger partial charge is 0.495 e. The fraction of sp³-hybridized carbons (Fsp3) is 0.440. The van der Waals surface area contributed by atoms with Crippen molar-refractivity contribution in [2.45, 2.75) is 92.5 Å². The van der Waals surface area contributed by atoms with Gasteiger partial charge in [-0.25, -0.2) is 19.6 Å². The summed E-state index contributed by atoms with van der Waals surface area (Å²) < 4.78 is 32.8. The van der Waals surface area contributed by atoms with E-state index in [-0.39, 0.29) is 12.0 Å². The highest BCUT2D eigenvalue weighted by atomic mass is 35.5. The van der Waals surface area contributed by atoms with Crippen LogP contribution in [0, 0.1) is 0 Å². The van der Waals surface area contributed by atoms with Gasteiger partial charge in [0.25, 0.3) is 0 Å². The molecule has 14 nitrogen and oxygen atoms in total. The first-order valence-corrected chi connectivity index (χ1v) is 24.1. The van der Waals surface area contributed by atoms with E-state index < -0.39 is 24.3 Å². The summed E-state index contributed by atoms with van der Waals surface area (Å²) in [5.74, 6) is 0.856. The van der Waals surface area contributed by atoms with Crippen molar-refractivity contribution in [2.24, 2.45) is 0 Å². The van der Waals surface area contributed by atoms with Crippen LogP contribution in [0.15, 0.2) is 73.1 Å². The Balaban J connectivity index is 0.000000190. The highest BCUT2D eigenvalue weighted by Gasteiger charge is 2.52.